The topological polar surface area (TPSA) is 64.3 Å². The quantitative estimate of drug-likeness (QED) is 0.766. The molecule has 1 saturated carbocycles. The van der Waals surface area contributed by atoms with Crippen molar-refractivity contribution in [1.29, 1.82) is 0 Å². The second-order valence-corrected chi connectivity index (χ2v) is 5.62. The molecule has 4 heteroatoms. The molecule has 3 unspecified atom stereocenters. The highest BCUT2D eigenvalue weighted by Gasteiger charge is 2.62. The van der Waals surface area contributed by atoms with E-state index in [4.69, 9.17) is 10.5 Å². The largest absolute Gasteiger partial charge is 0.378 e. The van der Waals surface area contributed by atoms with Crippen LogP contribution in [0.2, 0.25) is 0 Å². The summed E-state index contributed by atoms with van der Waals surface area (Å²) in [4.78, 5) is 12.2. The second-order valence-electron chi connectivity index (χ2n) is 5.62. The van der Waals surface area contributed by atoms with Gasteiger partial charge in [-0.1, -0.05) is 20.8 Å². The highest BCUT2D eigenvalue weighted by Crippen LogP contribution is 2.49. The van der Waals surface area contributed by atoms with Gasteiger partial charge in [0.2, 0.25) is 5.91 Å². The minimum Gasteiger partial charge on any atom is -0.378 e. The maximum Gasteiger partial charge on any atom is 0.241 e. The third kappa shape index (κ3) is 2.33. The predicted octanol–water partition coefficient (Wildman–Crippen LogP) is 1.43. The monoisotopic (exact) mass is 242 g/mol. The lowest BCUT2D eigenvalue weighted by atomic mass is 9.54. The van der Waals surface area contributed by atoms with E-state index >= 15 is 0 Å². The molecular weight excluding hydrogens is 216 g/mol. The fourth-order valence-electron chi connectivity index (χ4n) is 2.28. The Bertz CT molecular complexity index is 291. The SMILES string of the molecule is CCOC1CC(N)(C(=O)NC(C)CC)C1(C)C. The van der Waals surface area contributed by atoms with Crippen molar-refractivity contribution in [2.75, 3.05) is 6.61 Å². The molecule has 1 aliphatic rings. The van der Waals surface area contributed by atoms with E-state index in [1.807, 2.05) is 34.6 Å². The number of hydrogen-bond donors (Lipinski definition) is 2. The van der Waals surface area contributed by atoms with E-state index in [-0.39, 0.29) is 23.5 Å². The first-order chi connectivity index (χ1) is 7.79. The first-order valence-corrected chi connectivity index (χ1v) is 6.51. The highest BCUT2D eigenvalue weighted by atomic mass is 16.5. The molecule has 0 radical (unpaired) electrons. The first-order valence-electron chi connectivity index (χ1n) is 6.51. The maximum atomic E-state index is 12.2. The lowest BCUT2D eigenvalue weighted by molar-refractivity contribution is -0.171. The van der Waals surface area contributed by atoms with E-state index in [0.717, 1.165) is 6.42 Å². The lowest BCUT2D eigenvalue weighted by Gasteiger charge is -2.57. The van der Waals surface area contributed by atoms with E-state index in [0.29, 0.717) is 13.0 Å². The van der Waals surface area contributed by atoms with Gasteiger partial charge in [-0.2, -0.15) is 0 Å². The zero-order valence-electron chi connectivity index (χ0n) is 11.7. The Morgan fingerprint density at radius 3 is 2.53 bits per heavy atom. The molecule has 100 valence electrons. The van der Waals surface area contributed by atoms with E-state index in [1.165, 1.54) is 0 Å². The van der Waals surface area contributed by atoms with Crippen molar-refractivity contribution in [2.45, 2.75) is 65.1 Å². The predicted molar refractivity (Wildman–Crippen MR) is 68.6 cm³/mol. The van der Waals surface area contributed by atoms with Crippen LogP contribution >= 0.6 is 0 Å². The van der Waals surface area contributed by atoms with E-state index in [9.17, 15) is 4.79 Å². The Morgan fingerprint density at radius 2 is 2.12 bits per heavy atom. The molecule has 0 aromatic carbocycles. The fourth-order valence-corrected chi connectivity index (χ4v) is 2.28. The van der Waals surface area contributed by atoms with Gasteiger partial charge >= 0.3 is 0 Å². The number of hydrogen-bond acceptors (Lipinski definition) is 3. The summed E-state index contributed by atoms with van der Waals surface area (Å²) in [7, 11) is 0. The molecule has 0 aromatic rings. The summed E-state index contributed by atoms with van der Waals surface area (Å²) in [5.74, 6) is -0.0483. The van der Waals surface area contributed by atoms with Crippen LogP contribution in [0.3, 0.4) is 0 Å². The fraction of sp³-hybridized carbons (Fsp3) is 0.923. The summed E-state index contributed by atoms with van der Waals surface area (Å²) in [6.07, 6.45) is 1.60. The highest BCUT2D eigenvalue weighted by molar-refractivity contribution is 5.89. The van der Waals surface area contributed by atoms with Crippen LogP contribution < -0.4 is 11.1 Å². The van der Waals surface area contributed by atoms with Crippen molar-refractivity contribution in [3.8, 4) is 0 Å². The van der Waals surface area contributed by atoms with Crippen LogP contribution in [0, 0.1) is 5.41 Å². The smallest absolute Gasteiger partial charge is 0.241 e. The van der Waals surface area contributed by atoms with Gasteiger partial charge in [-0.3, -0.25) is 4.79 Å². The minimum absolute atomic E-state index is 0.0483. The van der Waals surface area contributed by atoms with Crippen molar-refractivity contribution in [3.63, 3.8) is 0 Å². The maximum absolute atomic E-state index is 12.2. The van der Waals surface area contributed by atoms with E-state index in [1.54, 1.807) is 0 Å². The Morgan fingerprint density at radius 1 is 1.53 bits per heavy atom. The molecule has 1 rings (SSSR count). The van der Waals surface area contributed by atoms with Gasteiger partial charge in [0.05, 0.1) is 6.10 Å². The van der Waals surface area contributed by atoms with Crippen LogP contribution in [0.4, 0.5) is 0 Å². The Kier molecular flexibility index (Phi) is 4.20. The summed E-state index contributed by atoms with van der Waals surface area (Å²) in [5, 5.41) is 2.97. The summed E-state index contributed by atoms with van der Waals surface area (Å²) >= 11 is 0. The molecule has 1 amide bonds. The van der Waals surface area contributed by atoms with Crippen LogP contribution in [0.5, 0.6) is 0 Å². The van der Waals surface area contributed by atoms with Crippen molar-refractivity contribution in [3.05, 3.63) is 0 Å². The van der Waals surface area contributed by atoms with Crippen LogP contribution in [0.25, 0.3) is 0 Å². The number of amides is 1. The molecule has 1 fully saturated rings. The molecule has 0 aliphatic heterocycles. The molecule has 17 heavy (non-hydrogen) atoms. The van der Waals surface area contributed by atoms with Crippen molar-refractivity contribution in [1.82, 2.24) is 5.32 Å². The van der Waals surface area contributed by atoms with Crippen LogP contribution in [0.15, 0.2) is 0 Å². The van der Waals surface area contributed by atoms with Crippen molar-refractivity contribution >= 4 is 5.91 Å². The van der Waals surface area contributed by atoms with Gasteiger partial charge in [-0.05, 0) is 20.3 Å². The molecule has 0 spiro atoms. The average Bonchev–Trinajstić information content (AvgIpc) is 2.28. The summed E-state index contributed by atoms with van der Waals surface area (Å²) in [6, 6.07) is 0.171. The number of nitrogens with one attached hydrogen (secondary N) is 1. The molecule has 0 heterocycles. The number of ether oxygens (including phenoxy) is 1. The third-order valence-electron chi connectivity index (χ3n) is 4.23. The molecule has 0 bridgehead atoms. The van der Waals surface area contributed by atoms with Crippen LogP contribution in [-0.4, -0.2) is 30.2 Å². The first kappa shape index (κ1) is 14.5. The standard InChI is InChI=1S/C13H26N2O2/c1-6-9(3)15-11(16)13(14)8-10(17-7-2)12(13,4)5/h9-10H,6-8,14H2,1-5H3,(H,15,16). The van der Waals surface area contributed by atoms with Gasteiger partial charge in [0.15, 0.2) is 0 Å². The molecule has 4 nitrogen and oxygen atoms in total. The minimum atomic E-state index is -0.795. The average molecular weight is 242 g/mol. The third-order valence-corrected chi connectivity index (χ3v) is 4.23. The zero-order chi connectivity index (χ0) is 13.3. The Labute approximate surface area is 104 Å². The Balaban J connectivity index is 2.68. The van der Waals surface area contributed by atoms with E-state index < -0.39 is 5.54 Å². The van der Waals surface area contributed by atoms with Gasteiger partial charge in [0.1, 0.15) is 5.54 Å². The molecular formula is C13H26N2O2. The van der Waals surface area contributed by atoms with Crippen molar-refractivity contribution in [2.24, 2.45) is 11.1 Å². The van der Waals surface area contributed by atoms with Gasteiger partial charge < -0.3 is 15.8 Å². The second kappa shape index (κ2) is 4.94. The number of rotatable bonds is 5. The lowest BCUT2D eigenvalue weighted by Crippen LogP contribution is -2.76. The number of nitrogens with two attached hydrogens (primary N) is 1. The number of carbonyl (C=O) groups is 1. The summed E-state index contributed by atoms with van der Waals surface area (Å²) in [6.45, 7) is 10.7. The van der Waals surface area contributed by atoms with Gasteiger partial charge in [-0.25, -0.2) is 0 Å². The Hall–Kier alpha value is -0.610. The van der Waals surface area contributed by atoms with Gasteiger partial charge in [-0.15, -0.1) is 0 Å². The van der Waals surface area contributed by atoms with Gasteiger partial charge in [0, 0.05) is 24.5 Å². The number of carbonyl (C=O) groups excluding carboxylic acids is 1. The van der Waals surface area contributed by atoms with Crippen LogP contribution in [0.1, 0.15) is 47.5 Å². The van der Waals surface area contributed by atoms with E-state index in [2.05, 4.69) is 5.32 Å². The molecule has 3 atom stereocenters. The van der Waals surface area contributed by atoms with Crippen LogP contribution in [-0.2, 0) is 9.53 Å². The summed E-state index contributed by atoms with van der Waals surface area (Å²) in [5.41, 5.74) is 5.16. The molecule has 0 aromatic heterocycles. The normalized spacial score (nSPS) is 32.7. The zero-order valence-corrected chi connectivity index (χ0v) is 11.7. The molecule has 3 N–H and O–H groups in total. The molecule has 1 aliphatic carbocycles. The van der Waals surface area contributed by atoms with Gasteiger partial charge in [0.25, 0.3) is 0 Å². The van der Waals surface area contributed by atoms with Crippen molar-refractivity contribution < 1.29 is 9.53 Å². The molecule has 0 saturated heterocycles. The summed E-state index contributed by atoms with van der Waals surface area (Å²) < 4.78 is 5.61.